The molecule has 0 fully saturated rings. The Balaban J connectivity index is 2.14. The van der Waals surface area contributed by atoms with Crippen LogP contribution < -0.4 is 5.32 Å². The van der Waals surface area contributed by atoms with Crippen molar-refractivity contribution in [2.45, 2.75) is 38.3 Å². The zero-order chi connectivity index (χ0) is 11.5. The van der Waals surface area contributed by atoms with Crippen molar-refractivity contribution in [3.63, 3.8) is 0 Å². The smallest absolute Gasteiger partial charge is 0.0584 e. The van der Waals surface area contributed by atoms with Crippen LogP contribution >= 0.6 is 11.6 Å². The molecule has 2 atom stereocenters. The molecular formula is C13H18ClNO. The van der Waals surface area contributed by atoms with Crippen LogP contribution in [0.4, 0.5) is 0 Å². The Labute approximate surface area is 102 Å². The van der Waals surface area contributed by atoms with Gasteiger partial charge in [-0.1, -0.05) is 30.7 Å². The van der Waals surface area contributed by atoms with E-state index in [1.54, 1.807) is 0 Å². The number of hydrogen-bond acceptors (Lipinski definition) is 2. The maximum atomic E-state index is 9.20. The first-order valence-corrected chi connectivity index (χ1v) is 6.28. The minimum atomic E-state index is 0.190. The molecule has 0 spiro atoms. The van der Waals surface area contributed by atoms with Crippen molar-refractivity contribution in [1.29, 1.82) is 0 Å². The van der Waals surface area contributed by atoms with Crippen LogP contribution in [-0.4, -0.2) is 17.8 Å². The molecule has 3 heteroatoms. The van der Waals surface area contributed by atoms with Crippen molar-refractivity contribution in [2.24, 2.45) is 0 Å². The lowest BCUT2D eigenvalue weighted by Crippen LogP contribution is -2.34. The Morgan fingerprint density at radius 3 is 3.06 bits per heavy atom. The first-order valence-electron chi connectivity index (χ1n) is 5.90. The van der Waals surface area contributed by atoms with Gasteiger partial charge in [0.2, 0.25) is 0 Å². The molecule has 2 N–H and O–H groups in total. The van der Waals surface area contributed by atoms with Crippen LogP contribution in [0.1, 0.15) is 36.9 Å². The highest BCUT2D eigenvalue weighted by molar-refractivity contribution is 6.31. The summed E-state index contributed by atoms with van der Waals surface area (Å²) < 4.78 is 0. The summed E-state index contributed by atoms with van der Waals surface area (Å²) in [6, 6.07) is 6.63. The first kappa shape index (κ1) is 11.9. The minimum Gasteiger partial charge on any atom is -0.395 e. The molecule has 2 nitrogen and oxygen atoms in total. The molecule has 2 rings (SSSR count). The van der Waals surface area contributed by atoms with Crippen molar-refractivity contribution < 1.29 is 5.11 Å². The average molecular weight is 240 g/mol. The Bertz CT molecular complexity index is 363. The molecule has 1 aromatic rings. The molecule has 0 saturated carbocycles. The number of benzene rings is 1. The third-order valence-electron chi connectivity index (χ3n) is 3.36. The summed E-state index contributed by atoms with van der Waals surface area (Å²) in [5, 5.41) is 13.6. The molecule has 0 aliphatic heterocycles. The lowest BCUT2D eigenvalue weighted by molar-refractivity contribution is 0.227. The number of hydrogen-bond donors (Lipinski definition) is 2. The average Bonchev–Trinajstić information content (AvgIpc) is 2.71. The van der Waals surface area contributed by atoms with E-state index in [2.05, 4.69) is 18.3 Å². The third kappa shape index (κ3) is 2.24. The molecule has 1 aliphatic carbocycles. The van der Waals surface area contributed by atoms with Gasteiger partial charge < -0.3 is 10.4 Å². The fourth-order valence-corrected chi connectivity index (χ4v) is 2.64. The van der Waals surface area contributed by atoms with Crippen LogP contribution in [0.2, 0.25) is 5.02 Å². The van der Waals surface area contributed by atoms with E-state index >= 15 is 0 Å². The first-order chi connectivity index (χ1) is 7.76. The zero-order valence-corrected chi connectivity index (χ0v) is 10.3. The third-order valence-corrected chi connectivity index (χ3v) is 3.72. The normalized spacial score (nSPS) is 20.8. The van der Waals surface area contributed by atoms with E-state index in [1.807, 2.05) is 12.1 Å². The Morgan fingerprint density at radius 1 is 1.56 bits per heavy atom. The van der Waals surface area contributed by atoms with Gasteiger partial charge in [-0.25, -0.2) is 0 Å². The van der Waals surface area contributed by atoms with Crippen LogP contribution in [0.5, 0.6) is 0 Å². The van der Waals surface area contributed by atoms with Gasteiger partial charge >= 0.3 is 0 Å². The maximum Gasteiger partial charge on any atom is 0.0584 e. The molecule has 0 aromatic heterocycles. The molecule has 1 aromatic carbocycles. The van der Waals surface area contributed by atoms with E-state index in [1.165, 1.54) is 11.1 Å². The highest BCUT2D eigenvalue weighted by Crippen LogP contribution is 2.35. The number of halogens is 1. The molecule has 0 radical (unpaired) electrons. The summed E-state index contributed by atoms with van der Waals surface area (Å²) in [6.45, 7) is 2.28. The lowest BCUT2D eigenvalue weighted by Gasteiger charge is -2.20. The van der Waals surface area contributed by atoms with Gasteiger partial charge in [0.1, 0.15) is 0 Å². The molecule has 0 amide bonds. The molecule has 1 aliphatic rings. The van der Waals surface area contributed by atoms with Crippen molar-refractivity contribution in [3.8, 4) is 0 Å². The van der Waals surface area contributed by atoms with E-state index in [9.17, 15) is 5.11 Å². The Morgan fingerprint density at radius 2 is 2.38 bits per heavy atom. The number of rotatable bonds is 4. The predicted octanol–water partition coefficient (Wildman–Crippen LogP) is 2.69. The molecule has 0 heterocycles. The van der Waals surface area contributed by atoms with Crippen LogP contribution in [0.3, 0.4) is 0 Å². The van der Waals surface area contributed by atoms with Gasteiger partial charge in [-0.2, -0.15) is 0 Å². The van der Waals surface area contributed by atoms with Crippen LogP contribution in [-0.2, 0) is 6.42 Å². The highest BCUT2D eigenvalue weighted by atomic mass is 35.5. The topological polar surface area (TPSA) is 32.3 Å². The van der Waals surface area contributed by atoms with E-state index in [4.69, 9.17) is 11.6 Å². The summed E-state index contributed by atoms with van der Waals surface area (Å²) in [5.74, 6) is 0. The zero-order valence-electron chi connectivity index (χ0n) is 9.54. The van der Waals surface area contributed by atoms with Crippen molar-refractivity contribution in [1.82, 2.24) is 5.32 Å². The quantitative estimate of drug-likeness (QED) is 0.847. The molecule has 1 unspecified atom stereocenters. The van der Waals surface area contributed by atoms with E-state index in [0.29, 0.717) is 6.04 Å². The summed E-state index contributed by atoms with van der Waals surface area (Å²) in [5.41, 5.74) is 2.58. The van der Waals surface area contributed by atoms with Crippen molar-refractivity contribution in [2.75, 3.05) is 6.61 Å². The van der Waals surface area contributed by atoms with Crippen molar-refractivity contribution >= 4 is 11.6 Å². The molecule has 16 heavy (non-hydrogen) atoms. The summed E-state index contributed by atoms with van der Waals surface area (Å²) in [7, 11) is 0. The fourth-order valence-electron chi connectivity index (χ4n) is 2.37. The number of aliphatic hydroxyl groups excluding tert-OH is 1. The largest absolute Gasteiger partial charge is 0.395 e. The van der Waals surface area contributed by atoms with E-state index in [-0.39, 0.29) is 12.6 Å². The van der Waals surface area contributed by atoms with Gasteiger partial charge in [-0.05, 0) is 36.5 Å². The number of fused-ring (bicyclic) bond motifs is 1. The number of aliphatic hydroxyl groups is 1. The SMILES string of the molecule is CC[C@H](CO)NC1CCc2c(Cl)cccc21. The summed E-state index contributed by atoms with van der Waals surface area (Å²) >= 11 is 6.16. The second-order valence-corrected chi connectivity index (χ2v) is 4.76. The van der Waals surface area contributed by atoms with Crippen LogP contribution in [0.25, 0.3) is 0 Å². The lowest BCUT2D eigenvalue weighted by atomic mass is 10.1. The van der Waals surface area contributed by atoms with E-state index < -0.39 is 0 Å². The second-order valence-electron chi connectivity index (χ2n) is 4.35. The van der Waals surface area contributed by atoms with Gasteiger partial charge in [0.05, 0.1) is 6.61 Å². The second kappa shape index (κ2) is 5.17. The van der Waals surface area contributed by atoms with Gasteiger partial charge in [0, 0.05) is 17.1 Å². The molecular weight excluding hydrogens is 222 g/mol. The minimum absolute atomic E-state index is 0.190. The van der Waals surface area contributed by atoms with E-state index in [0.717, 1.165) is 24.3 Å². The van der Waals surface area contributed by atoms with Crippen LogP contribution in [0.15, 0.2) is 18.2 Å². The maximum absolute atomic E-state index is 9.20. The number of nitrogens with one attached hydrogen (secondary N) is 1. The van der Waals surface area contributed by atoms with Gasteiger partial charge in [0.15, 0.2) is 0 Å². The van der Waals surface area contributed by atoms with Crippen molar-refractivity contribution in [3.05, 3.63) is 34.3 Å². The Kier molecular flexibility index (Phi) is 3.85. The molecule has 0 saturated heterocycles. The van der Waals surface area contributed by atoms with Gasteiger partial charge in [-0.15, -0.1) is 0 Å². The Hall–Kier alpha value is -0.570. The predicted molar refractivity (Wildman–Crippen MR) is 66.8 cm³/mol. The highest BCUT2D eigenvalue weighted by Gasteiger charge is 2.25. The van der Waals surface area contributed by atoms with Gasteiger partial charge in [-0.3, -0.25) is 0 Å². The van der Waals surface area contributed by atoms with Gasteiger partial charge in [0.25, 0.3) is 0 Å². The standard InChI is InChI=1S/C13H18ClNO/c1-2-9(8-16)15-13-7-6-10-11(13)4-3-5-12(10)14/h3-5,9,13,15-16H,2,6-8H2,1H3/t9-,13?/m1/s1. The van der Waals surface area contributed by atoms with Crippen LogP contribution in [0, 0.1) is 0 Å². The summed E-state index contributed by atoms with van der Waals surface area (Å²) in [4.78, 5) is 0. The molecule has 0 bridgehead atoms. The monoisotopic (exact) mass is 239 g/mol. The summed E-state index contributed by atoms with van der Waals surface area (Å²) in [6.07, 6.45) is 3.06. The fraction of sp³-hybridized carbons (Fsp3) is 0.538. The molecule has 88 valence electrons.